The van der Waals surface area contributed by atoms with Gasteiger partial charge in [-0.15, -0.1) is 0 Å². The molecule has 2 unspecified atom stereocenters. The second-order valence-electron chi connectivity index (χ2n) is 36.8. The molecule has 0 amide bonds. The van der Waals surface area contributed by atoms with Crippen LogP contribution in [0, 0.1) is 17.6 Å². The minimum absolute atomic E-state index is 0.0618. The highest BCUT2D eigenvalue weighted by Gasteiger charge is 2.28. The van der Waals surface area contributed by atoms with Crippen LogP contribution in [-0.2, 0) is 51.7 Å². The fraction of sp³-hybridized carbons (Fsp3) is 0.333. The number of amidine groups is 5. The van der Waals surface area contributed by atoms with Gasteiger partial charge in [0.25, 0.3) is 0 Å². The van der Waals surface area contributed by atoms with Crippen molar-refractivity contribution in [2.45, 2.75) is 122 Å². The predicted molar refractivity (Wildman–Crippen MR) is 557 cm³/mol. The van der Waals surface area contributed by atoms with Crippen molar-refractivity contribution in [2.24, 2.45) is 30.9 Å². The van der Waals surface area contributed by atoms with Crippen molar-refractivity contribution in [2.75, 3.05) is 139 Å². The van der Waals surface area contributed by atoms with E-state index in [-0.39, 0.29) is 23.8 Å². The smallest absolute Gasteiger partial charge is 0.221 e. The Morgan fingerprint density at radius 2 is 0.710 bits per heavy atom. The van der Waals surface area contributed by atoms with Crippen molar-refractivity contribution < 1.29 is 51.4 Å². The average molecular weight is 1950 g/mol. The molecule has 25 rings (SSSR count). The summed E-state index contributed by atoms with van der Waals surface area (Å²) in [6, 6.07) is 51.2. The average Bonchev–Trinajstić information content (AvgIpc) is 1.07. The molecule has 34 heteroatoms. The SMILES string of the molecule is Fc1cnc2c(c1)C(Nc1ccc3c(OCCC4CCCCC4)nccc3c1)=NC2.Fc1cnc2c(c1)CN=C2Nc1ccc2c(OCC3COCCO3)nccc2c1.c1cnc2c(c1)C(Nc1ccc3c(OCCN4CCCCC4)nccc3c1)=NC2.c1cnc2c(c1)CN=C2Nc1ccc2c(OCCN3CCCCC3)nccc2c1.c1cnc2c(n1)CN=C2Nc1ccc2c(OCC3COCCO3)nccc2c1. The van der Waals surface area contributed by atoms with Gasteiger partial charge in [0.1, 0.15) is 79.0 Å². The van der Waals surface area contributed by atoms with E-state index < -0.39 is 0 Å². The Morgan fingerprint density at radius 3 is 1.22 bits per heavy atom. The first kappa shape index (κ1) is 96.0. The Kier molecular flexibility index (Phi) is 31.0. The minimum Gasteiger partial charge on any atom is -0.477 e. The highest BCUT2D eigenvalue weighted by molar-refractivity contribution is 6.14. The summed E-state index contributed by atoms with van der Waals surface area (Å²) in [5.74, 6) is 7.05. The van der Waals surface area contributed by atoms with E-state index >= 15 is 0 Å². The molecule has 5 N–H and O–H groups in total. The van der Waals surface area contributed by atoms with Crippen LogP contribution < -0.4 is 50.3 Å². The van der Waals surface area contributed by atoms with E-state index in [1.807, 2.05) is 122 Å². The first-order valence-electron chi connectivity index (χ1n) is 50.1. The van der Waals surface area contributed by atoms with Crippen LogP contribution in [0.15, 0.2) is 251 Å². The molecular weight excluding hydrogens is 1840 g/mol. The third kappa shape index (κ3) is 24.3. The molecule has 15 aromatic rings. The number of aromatic nitrogens is 11. The number of hydrogen-bond acceptors (Lipinski definition) is 32. The molecule has 32 nitrogen and oxygen atoms in total. The molecule has 1 aliphatic carbocycles. The molecule has 740 valence electrons. The molecule has 4 saturated heterocycles. The van der Waals surface area contributed by atoms with Crippen LogP contribution in [0.3, 0.4) is 0 Å². The van der Waals surface area contributed by atoms with Gasteiger partial charge < -0.3 is 69.2 Å². The summed E-state index contributed by atoms with van der Waals surface area (Å²) in [7, 11) is 0. The number of ether oxygens (including phenoxy) is 9. The minimum atomic E-state index is -0.357. The lowest BCUT2D eigenvalue weighted by Gasteiger charge is -2.26. The zero-order valence-electron chi connectivity index (χ0n) is 80.6. The van der Waals surface area contributed by atoms with Gasteiger partial charge in [-0.3, -0.25) is 54.7 Å². The largest absolute Gasteiger partial charge is 0.477 e. The molecule has 0 radical (unpaired) electrons. The summed E-state index contributed by atoms with van der Waals surface area (Å²) < 4.78 is 78.9. The van der Waals surface area contributed by atoms with Gasteiger partial charge in [0.2, 0.25) is 29.4 Å². The maximum Gasteiger partial charge on any atom is 0.221 e. The summed E-state index contributed by atoms with van der Waals surface area (Å²) in [5, 5.41) is 26.9. The Bertz CT molecular complexity index is 7110. The van der Waals surface area contributed by atoms with Gasteiger partial charge in [-0.25, -0.2) is 43.7 Å². The summed E-state index contributed by atoms with van der Waals surface area (Å²) in [6.07, 6.45) is 33.9. The molecule has 5 aromatic carbocycles. The molecule has 9 aliphatic heterocycles. The quantitative estimate of drug-likeness (QED) is 0.0397. The molecule has 10 aliphatic rings. The number of nitrogens with zero attached hydrogens (tertiary/aromatic N) is 18. The second kappa shape index (κ2) is 46.9. The zero-order valence-corrected chi connectivity index (χ0v) is 80.6. The highest BCUT2D eigenvalue weighted by atomic mass is 19.1. The van der Waals surface area contributed by atoms with Gasteiger partial charge in [0.05, 0.1) is 108 Å². The van der Waals surface area contributed by atoms with Gasteiger partial charge in [-0.05, 0) is 243 Å². The summed E-state index contributed by atoms with van der Waals surface area (Å²) in [5.41, 5.74) is 13.5. The van der Waals surface area contributed by atoms with E-state index in [9.17, 15) is 8.78 Å². The molecule has 0 bridgehead atoms. The van der Waals surface area contributed by atoms with E-state index in [0.717, 1.165) is 176 Å². The zero-order chi connectivity index (χ0) is 97.7. The van der Waals surface area contributed by atoms with Crippen LogP contribution in [0.1, 0.15) is 133 Å². The molecule has 2 atom stereocenters. The van der Waals surface area contributed by atoms with Crippen LogP contribution in [-0.4, -0.2) is 218 Å². The fourth-order valence-electron chi connectivity index (χ4n) is 19.3. The molecule has 145 heavy (non-hydrogen) atoms. The van der Waals surface area contributed by atoms with Gasteiger partial charge >= 0.3 is 0 Å². The van der Waals surface area contributed by atoms with E-state index in [4.69, 9.17) is 42.6 Å². The summed E-state index contributed by atoms with van der Waals surface area (Å²) >= 11 is 0. The van der Waals surface area contributed by atoms with E-state index in [0.29, 0.717) is 152 Å². The number of rotatable bonds is 23. The van der Waals surface area contributed by atoms with Gasteiger partial charge in [-0.1, -0.05) is 51.0 Å². The van der Waals surface area contributed by atoms with E-state index in [1.54, 1.807) is 37.2 Å². The third-order valence-electron chi connectivity index (χ3n) is 26.8. The van der Waals surface area contributed by atoms with Crippen molar-refractivity contribution >= 4 is 111 Å². The molecule has 1 saturated carbocycles. The fourth-order valence-corrected chi connectivity index (χ4v) is 19.3. The molecule has 19 heterocycles. The van der Waals surface area contributed by atoms with Gasteiger partial charge in [0.15, 0.2) is 17.5 Å². The number of likely N-dealkylation sites (tertiary alicyclic amines) is 2. The number of piperidine rings is 2. The Morgan fingerprint density at radius 1 is 0.317 bits per heavy atom. The van der Waals surface area contributed by atoms with Crippen LogP contribution in [0.4, 0.5) is 37.2 Å². The number of fused-ring (bicyclic) bond motifs is 10. The van der Waals surface area contributed by atoms with Crippen molar-refractivity contribution in [3.05, 3.63) is 294 Å². The first-order valence-corrected chi connectivity index (χ1v) is 50.1. The topological polar surface area (TPSA) is 353 Å². The van der Waals surface area contributed by atoms with Gasteiger partial charge in [0, 0.05) is 146 Å². The predicted octanol–water partition coefficient (Wildman–Crippen LogP) is 18.4. The Hall–Kier alpha value is -15.2. The van der Waals surface area contributed by atoms with E-state index in [1.165, 1.54) is 121 Å². The molecular formula is C111H113F2N23O9. The first-order chi connectivity index (χ1) is 71.6. The molecule has 0 spiro atoms. The maximum atomic E-state index is 13.6. The number of aliphatic imine (C=N–C) groups is 5. The van der Waals surface area contributed by atoms with E-state index in [2.05, 4.69) is 159 Å². The number of benzene rings is 5. The second-order valence-corrected chi connectivity index (χ2v) is 36.8. The standard InChI is InChI=1S/C24H25FN4O.2C23H25N5O.C21H19FN4O3.C20H19N5O3/c25-18-13-21-22(27-14-18)15-28-23(21)29-19-6-7-20-17(12-19)8-10-26-24(20)30-11-9-16-4-2-1-3-5-16;1-2-11-28(12-3-1)13-14-29-23-19-7-6-18(15-17(19)8-10-25-23)27-22-20-5-4-9-24-21(20)16-26-22;1-2-11-28(12-3-1)13-14-29-23-20-7-6-19(15-17(20)8-10-25-23)27-22-21-18(16-26-22)5-4-9-24-21;22-15-7-14-9-25-20(19(14)24-10-15)26-16-1-2-18-13(8-16)3-4-23-21(18)29-12-17-11-27-5-6-28-17;1-2-16-13(3-4-23-20(16)28-12-15-11-26-7-8-27-15)9-14(1)25-19-18-17(10-24-19)21-5-6-22-18/h6-8,10,12-14,16H,1-5,9,11,15H2,(H,28,29);2*4-10,15H,1-3,11-14,16H2,(H,26,27);1-4,7-8,10,17H,5-6,9,11-12H2,(H,25,26);1-6,9,15H,7-8,10-12H2,(H,24,25). The number of pyridine rings is 9. The van der Waals surface area contributed by atoms with Crippen LogP contribution in [0.5, 0.6) is 29.4 Å². The Labute approximate surface area is 837 Å². The van der Waals surface area contributed by atoms with Crippen molar-refractivity contribution in [1.29, 1.82) is 0 Å². The van der Waals surface area contributed by atoms with Crippen molar-refractivity contribution in [1.82, 2.24) is 64.6 Å². The van der Waals surface area contributed by atoms with Crippen LogP contribution in [0.25, 0.3) is 53.9 Å². The van der Waals surface area contributed by atoms with Crippen LogP contribution in [0.2, 0.25) is 0 Å². The third-order valence-corrected chi connectivity index (χ3v) is 26.8. The number of nitrogens with one attached hydrogen (secondary N) is 5. The Balaban J connectivity index is 0.000000107. The summed E-state index contributed by atoms with van der Waals surface area (Å²) in [4.78, 5) is 75.4. The normalized spacial score (nSPS) is 17.2. The molecule has 10 aromatic heterocycles. The summed E-state index contributed by atoms with van der Waals surface area (Å²) in [6.45, 7) is 15.8. The van der Waals surface area contributed by atoms with Crippen LogP contribution >= 0.6 is 0 Å². The van der Waals surface area contributed by atoms with Crippen molar-refractivity contribution in [3.8, 4) is 29.4 Å². The monoisotopic (exact) mass is 1950 g/mol. The highest BCUT2D eigenvalue weighted by Crippen LogP contribution is 2.36. The lowest BCUT2D eigenvalue weighted by molar-refractivity contribution is -0.101. The van der Waals surface area contributed by atoms with Crippen molar-refractivity contribution in [3.63, 3.8) is 0 Å². The number of hydrogen-bond donors (Lipinski definition) is 5. The number of halogens is 2. The molecule has 5 fully saturated rings. The maximum absolute atomic E-state index is 13.6. The lowest BCUT2D eigenvalue weighted by atomic mass is 9.87. The lowest BCUT2D eigenvalue weighted by Crippen LogP contribution is -2.33. The van der Waals surface area contributed by atoms with Gasteiger partial charge in [-0.2, -0.15) is 0 Å². The number of anilines is 5.